The van der Waals surface area contributed by atoms with E-state index in [2.05, 4.69) is 31.9 Å². The lowest BCUT2D eigenvalue weighted by molar-refractivity contribution is -0.142. The third-order valence-corrected chi connectivity index (χ3v) is 4.56. The van der Waals surface area contributed by atoms with Crippen molar-refractivity contribution in [2.75, 3.05) is 6.61 Å². The molecule has 0 saturated carbocycles. The van der Waals surface area contributed by atoms with Gasteiger partial charge in [-0.25, -0.2) is 0 Å². The minimum atomic E-state index is -0.361. The minimum Gasteiger partial charge on any atom is -0.465 e. The lowest BCUT2D eigenvalue weighted by atomic mass is 10.1. The Labute approximate surface area is 106 Å². The lowest BCUT2D eigenvalue weighted by Gasteiger charge is -2.15. The van der Waals surface area contributed by atoms with Crippen LogP contribution >= 0.6 is 31.9 Å². The van der Waals surface area contributed by atoms with Gasteiger partial charge >= 0.3 is 5.97 Å². The summed E-state index contributed by atoms with van der Waals surface area (Å²) in [6.07, 6.45) is 0. The molecule has 0 aliphatic rings. The van der Waals surface area contributed by atoms with Gasteiger partial charge in [0, 0.05) is 0 Å². The highest BCUT2D eigenvalue weighted by Gasteiger charge is 2.25. The van der Waals surface area contributed by atoms with E-state index in [1.165, 1.54) is 0 Å². The molecule has 0 fully saturated rings. The second kappa shape index (κ2) is 6.28. The van der Waals surface area contributed by atoms with Crippen LogP contribution in [0.5, 0.6) is 0 Å². The first kappa shape index (κ1) is 12.7. The molecule has 1 rings (SSSR count). The van der Waals surface area contributed by atoms with E-state index in [4.69, 9.17) is 4.74 Å². The Balaban J connectivity index is 2.68. The second-order valence-corrected chi connectivity index (χ2v) is 4.94. The zero-order valence-corrected chi connectivity index (χ0v) is 11.5. The SMILES string of the molecule is CCOC(=O)[C@@H](Br)[C@H](Br)c1ccccc1. The summed E-state index contributed by atoms with van der Waals surface area (Å²) >= 11 is 6.80. The van der Waals surface area contributed by atoms with Gasteiger partial charge < -0.3 is 4.74 Å². The number of carbonyl (C=O) groups excluding carboxylic acids is 1. The highest BCUT2D eigenvalue weighted by Crippen LogP contribution is 2.31. The number of rotatable bonds is 4. The Hall–Kier alpha value is -0.350. The molecule has 0 bridgehead atoms. The van der Waals surface area contributed by atoms with Gasteiger partial charge in [-0.3, -0.25) is 4.79 Å². The number of esters is 1. The molecule has 0 aliphatic heterocycles. The lowest BCUT2D eigenvalue weighted by Crippen LogP contribution is -2.21. The van der Waals surface area contributed by atoms with Gasteiger partial charge in [0.05, 0.1) is 11.4 Å². The van der Waals surface area contributed by atoms with Gasteiger partial charge in [0.15, 0.2) is 0 Å². The minimum absolute atomic E-state index is 0.0715. The fraction of sp³-hybridized carbons (Fsp3) is 0.364. The number of hydrogen-bond acceptors (Lipinski definition) is 2. The second-order valence-electron chi connectivity index (χ2n) is 2.97. The number of alkyl halides is 2. The molecule has 2 atom stereocenters. The van der Waals surface area contributed by atoms with Crippen molar-refractivity contribution in [3.8, 4) is 0 Å². The van der Waals surface area contributed by atoms with Crippen LogP contribution in [-0.4, -0.2) is 17.4 Å². The van der Waals surface area contributed by atoms with E-state index in [1.54, 1.807) is 6.92 Å². The number of halogens is 2. The van der Waals surface area contributed by atoms with Crippen LogP contribution in [0.25, 0.3) is 0 Å². The van der Waals surface area contributed by atoms with Crippen molar-refractivity contribution >= 4 is 37.8 Å². The van der Waals surface area contributed by atoms with E-state index in [0.717, 1.165) is 5.56 Å². The van der Waals surface area contributed by atoms with E-state index < -0.39 is 0 Å². The van der Waals surface area contributed by atoms with E-state index in [-0.39, 0.29) is 15.6 Å². The maximum Gasteiger partial charge on any atom is 0.321 e. The van der Waals surface area contributed by atoms with E-state index in [0.29, 0.717) is 6.61 Å². The normalized spacial score (nSPS) is 14.3. The van der Waals surface area contributed by atoms with Crippen molar-refractivity contribution in [2.45, 2.75) is 16.6 Å². The van der Waals surface area contributed by atoms with Crippen molar-refractivity contribution in [3.63, 3.8) is 0 Å². The fourth-order valence-electron chi connectivity index (χ4n) is 1.15. The van der Waals surface area contributed by atoms with Crippen LogP contribution in [0.1, 0.15) is 17.3 Å². The Bertz CT molecular complexity index is 314. The number of benzene rings is 1. The zero-order chi connectivity index (χ0) is 11.3. The highest BCUT2D eigenvalue weighted by atomic mass is 79.9. The summed E-state index contributed by atoms with van der Waals surface area (Å²) in [5.41, 5.74) is 1.05. The predicted molar refractivity (Wildman–Crippen MR) is 67.5 cm³/mol. The first-order valence-corrected chi connectivity index (χ1v) is 6.49. The molecule has 0 aliphatic carbocycles. The van der Waals surface area contributed by atoms with Crippen molar-refractivity contribution in [1.29, 1.82) is 0 Å². The van der Waals surface area contributed by atoms with Crippen LogP contribution in [-0.2, 0) is 9.53 Å². The van der Waals surface area contributed by atoms with Crippen LogP contribution in [0.4, 0.5) is 0 Å². The van der Waals surface area contributed by atoms with E-state index in [1.807, 2.05) is 30.3 Å². The smallest absolute Gasteiger partial charge is 0.321 e. The number of ether oxygens (including phenoxy) is 1. The predicted octanol–water partition coefficient (Wildman–Crippen LogP) is 3.45. The average Bonchev–Trinajstić information content (AvgIpc) is 2.28. The largest absolute Gasteiger partial charge is 0.465 e. The molecule has 0 heterocycles. The van der Waals surface area contributed by atoms with Gasteiger partial charge in [-0.2, -0.15) is 0 Å². The monoisotopic (exact) mass is 334 g/mol. The van der Waals surface area contributed by atoms with Crippen LogP contribution in [0.15, 0.2) is 30.3 Å². The van der Waals surface area contributed by atoms with Crippen molar-refractivity contribution in [2.24, 2.45) is 0 Å². The van der Waals surface area contributed by atoms with Crippen LogP contribution in [0.2, 0.25) is 0 Å². The molecule has 4 heteroatoms. The van der Waals surface area contributed by atoms with Crippen molar-refractivity contribution in [3.05, 3.63) is 35.9 Å². The maximum absolute atomic E-state index is 11.5. The summed E-state index contributed by atoms with van der Waals surface area (Å²) in [6.45, 7) is 2.19. The van der Waals surface area contributed by atoms with Crippen LogP contribution < -0.4 is 0 Å². The van der Waals surface area contributed by atoms with Crippen LogP contribution in [0.3, 0.4) is 0 Å². The Kier molecular flexibility index (Phi) is 5.32. The first-order valence-electron chi connectivity index (χ1n) is 4.66. The number of hydrogen-bond donors (Lipinski definition) is 0. The van der Waals surface area contributed by atoms with Crippen LogP contribution in [0, 0.1) is 0 Å². The first-order chi connectivity index (χ1) is 7.16. The molecular formula is C11H12Br2O2. The molecule has 0 radical (unpaired) electrons. The molecule has 0 saturated heterocycles. The molecule has 82 valence electrons. The highest BCUT2D eigenvalue weighted by molar-refractivity contribution is 9.12. The molecule has 1 aromatic rings. The third kappa shape index (κ3) is 3.61. The standard InChI is InChI=1S/C11H12Br2O2/c1-2-15-11(14)10(13)9(12)8-6-4-3-5-7-8/h3-7,9-10H,2H2,1H3/t9-,10+/m1/s1. The number of carbonyl (C=O) groups is 1. The molecular weight excluding hydrogens is 324 g/mol. The Morgan fingerprint density at radius 3 is 2.47 bits per heavy atom. The summed E-state index contributed by atoms with van der Waals surface area (Å²) in [5, 5.41) is 0. The Morgan fingerprint density at radius 2 is 1.93 bits per heavy atom. The van der Waals surface area contributed by atoms with Gasteiger partial charge in [-0.15, -0.1) is 0 Å². The topological polar surface area (TPSA) is 26.3 Å². The average molecular weight is 336 g/mol. The van der Waals surface area contributed by atoms with Gasteiger partial charge in [0.1, 0.15) is 4.83 Å². The summed E-state index contributed by atoms with van der Waals surface area (Å²) < 4.78 is 4.93. The molecule has 0 aromatic heterocycles. The molecule has 0 N–H and O–H groups in total. The van der Waals surface area contributed by atoms with Gasteiger partial charge in [-0.1, -0.05) is 62.2 Å². The van der Waals surface area contributed by atoms with Gasteiger partial charge in [-0.05, 0) is 12.5 Å². The molecule has 1 aromatic carbocycles. The third-order valence-electron chi connectivity index (χ3n) is 1.89. The van der Waals surface area contributed by atoms with Crippen molar-refractivity contribution < 1.29 is 9.53 Å². The molecule has 2 nitrogen and oxygen atoms in total. The fourth-order valence-corrected chi connectivity index (χ4v) is 2.11. The molecule has 0 unspecified atom stereocenters. The molecule has 0 spiro atoms. The quantitative estimate of drug-likeness (QED) is 0.622. The summed E-state index contributed by atoms with van der Waals surface area (Å²) in [6, 6.07) is 9.75. The Morgan fingerprint density at radius 1 is 1.33 bits per heavy atom. The van der Waals surface area contributed by atoms with Crippen molar-refractivity contribution in [1.82, 2.24) is 0 Å². The van der Waals surface area contributed by atoms with E-state index in [9.17, 15) is 4.79 Å². The molecule has 15 heavy (non-hydrogen) atoms. The summed E-state index contributed by atoms with van der Waals surface area (Å²) in [7, 11) is 0. The maximum atomic E-state index is 11.5. The van der Waals surface area contributed by atoms with Gasteiger partial charge in [0.25, 0.3) is 0 Å². The molecule has 0 amide bonds. The summed E-state index contributed by atoms with van der Waals surface area (Å²) in [4.78, 5) is 11.0. The van der Waals surface area contributed by atoms with Gasteiger partial charge in [0.2, 0.25) is 0 Å². The summed E-state index contributed by atoms with van der Waals surface area (Å²) in [5.74, 6) is -0.247. The zero-order valence-electron chi connectivity index (χ0n) is 8.32. The van der Waals surface area contributed by atoms with E-state index >= 15 is 0 Å².